The van der Waals surface area contributed by atoms with Gasteiger partial charge in [0.05, 0.1) is 18.4 Å². The van der Waals surface area contributed by atoms with Crippen molar-refractivity contribution in [3.8, 4) is 0 Å². The van der Waals surface area contributed by atoms with Gasteiger partial charge in [0.1, 0.15) is 5.82 Å². The molecule has 2 rings (SSSR count). The summed E-state index contributed by atoms with van der Waals surface area (Å²) in [6, 6.07) is 5.75. The average Bonchev–Trinajstić information content (AvgIpc) is 2.79. The Bertz CT molecular complexity index is 492. The fourth-order valence-electron chi connectivity index (χ4n) is 2.81. The smallest absolute Gasteiger partial charge is 0.305 e. The summed E-state index contributed by atoms with van der Waals surface area (Å²) in [5.74, 6) is -1.44. The molecule has 1 fully saturated rings. The lowest BCUT2D eigenvalue weighted by Crippen LogP contribution is -2.48. The van der Waals surface area contributed by atoms with Crippen molar-refractivity contribution < 1.29 is 19.1 Å². The number of carbonyl (C=O) groups is 2. The average molecular weight is 279 g/mol. The van der Waals surface area contributed by atoms with Crippen molar-refractivity contribution in [2.45, 2.75) is 44.1 Å². The van der Waals surface area contributed by atoms with Gasteiger partial charge in [0.25, 0.3) is 0 Å². The quantitative estimate of drug-likeness (QED) is 0.869. The molecule has 0 aliphatic heterocycles. The van der Waals surface area contributed by atoms with Crippen LogP contribution in [0.25, 0.3) is 0 Å². The molecule has 0 aromatic heterocycles. The summed E-state index contributed by atoms with van der Waals surface area (Å²) in [7, 11) is 0. The molecule has 1 aliphatic carbocycles. The molecule has 0 heterocycles. The summed E-state index contributed by atoms with van der Waals surface area (Å²) < 4.78 is 12.8. The predicted octanol–water partition coefficient (Wildman–Crippen LogP) is 2.27. The Labute approximate surface area is 117 Å². The third kappa shape index (κ3) is 3.79. The minimum absolute atomic E-state index is 0.0395. The monoisotopic (exact) mass is 279 g/mol. The number of aliphatic carboxylic acids is 1. The summed E-state index contributed by atoms with van der Waals surface area (Å²) >= 11 is 0. The summed E-state index contributed by atoms with van der Waals surface area (Å²) in [5.41, 5.74) is 0.107. The molecule has 4 nitrogen and oxygen atoms in total. The predicted molar refractivity (Wildman–Crippen MR) is 71.7 cm³/mol. The largest absolute Gasteiger partial charge is 0.481 e. The van der Waals surface area contributed by atoms with E-state index in [-0.39, 0.29) is 24.6 Å². The van der Waals surface area contributed by atoms with Crippen LogP contribution in [-0.4, -0.2) is 22.5 Å². The highest BCUT2D eigenvalue weighted by atomic mass is 19.1. The Kier molecular flexibility index (Phi) is 4.37. The van der Waals surface area contributed by atoms with E-state index in [0.29, 0.717) is 18.4 Å². The minimum atomic E-state index is -0.894. The number of amides is 1. The van der Waals surface area contributed by atoms with Crippen LogP contribution in [0.3, 0.4) is 0 Å². The topological polar surface area (TPSA) is 66.4 Å². The lowest BCUT2D eigenvalue weighted by molar-refractivity contribution is -0.139. The van der Waals surface area contributed by atoms with E-state index in [1.807, 2.05) is 0 Å². The Morgan fingerprint density at radius 2 is 1.80 bits per heavy atom. The number of carbonyl (C=O) groups excluding carboxylic acids is 1. The van der Waals surface area contributed by atoms with Gasteiger partial charge < -0.3 is 10.4 Å². The van der Waals surface area contributed by atoms with E-state index < -0.39 is 11.5 Å². The molecule has 108 valence electrons. The first-order valence-corrected chi connectivity index (χ1v) is 6.76. The van der Waals surface area contributed by atoms with Crippen molar-refractivity contribution in [2.24, 2.45) is 0 Å². The summed E-state index contributed by atoms with van der Waals surface area (Å²) in [5, 5.41) is 11.9. The van der Waals surface area contributed by atoms with Gasteiger partial charge in [0.2, 0.25) is 5.91 Å². The Hall–Kier alpha value is -1.91. The first kappa shape index (κ1) is 14.5. The van der Waals surface area contributed by atoms with Crippen molar-refractivity contribution >= 4 is 11.9 Å². The number of benzene rings is 1. The molecular formula is C15H18FNO3. The molecule has 1 aliphatic rings. The minimum Gasteiger partial charge on any atom is -0.481 e. The van der Waals surface area contributed by atoms with Gasteiger partial charge in [0, 0.05) is 0 Å². The van der Waals surface area contributed by atoms with Gasteiger partial charge in [-0.15, -0.1) is 0 Å². The van der Waals surface area contributed by atoms with Gasteiger partial charge in [-0.1, -0.05) is 25.0 Å². The summed E-state index contributed by atoms with van der Waals surface area (Å²) in [6.45, 7) is 0. The lowest BCUT2D eigenvalue weighted by Gasteiger charge is -2.28. The Balaban J connectivity index is 1.98. The Morgan fingerprint density at radius 1 is 1.20 bits per heavy atom. The third-order valence-electron chi connectivity index (χ3n) is 3.73. The molecule has 0 atom stereocenters. The van der Waals surface area contributed by atoms with Crippen LogP contribution in [-0.2, 0) is 16.0 Å². The molecule has 1 amide bonds. The van der Waals surface area contributed by atoms with Crippen LogP contribution in [0.5, 0.6) is 0 Å². The normalized spacial score (nSPS) is 16.9. The van der Waals surface area contributed by atoms with E-state index in [2.05, 4.69) is 5.32 Å². The number of rotatable bonds is 5. The van der Waals surface area contributed by atoms with Crippen LogP contribution in [0.15, 0.2) is 24.3 Å². The van der Waals surface area contributed by atoms with E-state index in [4.69, 9.17) is 5.11 Å². The van der Waals surface area contributed by atoms with Crippen molar-refractivity contribution in [2.75, 3.05) is 0 Å². The highest BCUT2D eigenvalue weighted by Gasteiger charge is 2.37. The van der Waals surface area contributed by atoms with Crippen LogP contribution in [0, 0.1) is 5.82 Å². The van der Waals surface area contributed by atoms with E-state index in [9.17, 15) is 14.0 Å². The van der Waals surface area contributed by atoms with E-state index >= 15 is 0 Å². The molecule has 2 N–H and O–H groups in total. The molecule has 0 unspecified atom stereocenters. The van der Waals surface area contributed by atoms with Crippen LogP contribution in [0.4, 0.5) is 4.39 Å². The summed E-state index contributed by atoms with van der Waals surface area (Å²) in [4.78, 5) is 23.0. The zero-order valence-corrected chi connectivity index (χ0v) is 11.2. The standard InChI is InChI=1S/C15H18FNO3/c16-12-5-3-11(4-6-12)9-13(18)17-15(10-14(19)20)7-1-2-8-15/h3-6H,1-2,7-10H2,(H,17,18)(H,19,20). The highest BCUT2D eigenvalue weighted by Crippen LogP contribution is 2.32. The number of carboxylic acids is 1. The number of carboxylic acid groups (broad SMARTS) is 1. The number of hydrogen-bond donors (Lipinski definition) is 2. The molecule has 0 bridgehead atoms. The maximum absolute atomic E-state index is 12.8. The van der Waals surface area contributed by atoms with Crippen LogP contribution >= 0.6 is 0 Å². The second-order valence-electron chi connectivity index (χ2n) is 5.41. The van der Waals surface area contributed by atoms with Crippen molar-refractivity contribution in [1.29, 1.82) is 0 Å². The molecule has 0 radical (unpaired) electrons. The zero-order valence-electron chi connectivity index (χ0n) is 11.2. The number of halogens is 1. The zero-order chi connectivity index (χ0) is 14.6. The van der Waals surface area contributed by atoms with Gasteiger partial charge in [-0.3, -0.25) is 9.59 Å². The van der Waals surface area contributed by atoms with Gasteiger partial charge in [-0.25, -0.2) is 4.39 Å². The van der Waals surface area contributed by atoms with Gasteiger partial charge in [-0.05, 0) is 30.5 Å². The van der Waals surface area contributed by atoms with Crippen molar-refractivity contribution in [3.05, 3.63) is 35.6 Å². The van der Waals surface area contributed by atoms with E-state index in [1.165, 1.54) is 12.1 Å². The molecule has 20 heavy (non-hydrogen) atoms. The molecule has 0 spiro atoms. The first-order chi connectivity index (χ1) is 9.49. The maximum atomic E-state index is 12.8. The maximum Gasteiger partial charge on any atom is 0.305 e. The number of nitrogens with one attached hydrogen (secondary N) is 1. The first-order valence-electron chi connectivity index (χ1n) is 6.76. The number of hydrogen-bond acceptors (Lipinski definition) is 2. The molecule has 5 heteroatoms. The fourth-order valence-corrected chi connectivity index (χ4v) is 2.81. The highest BCUT2D eigenvalue weighted by molar-refractivity contribution is 5.80. The second-order valence-corrected chi connectivity index (χ2v) is 5.41. The molecule has 1 saturated carbocycles. The molecule has 1 aromatic carbocycles. The molecular weight excluding hydrogens is 261 g/mol. The Morgan fingerprint density at radius 3 is 2.35 bits per heavy atom. The molecule has 0 saturated heterocycles. The second kappa shape index (κ2) is 6.03. The van der Waals surface area contributed by atoms with Crippen molar-refractivity contribution in [3.63, 3.8) is 0 Å². The van der Waals surface area contributed by atoms with Gasteiger partial charge in [0.15, 0.2) is 0 Å². The third-order valence-corrected chi connectivity index (χ3v) is 3.73. The SMILES string of the molecule is O=C(O)CC1(NC(=O)Cc2ccc(F)cc2)CCCC1. The van der Waals surface area contributed by atoms with Crippen LogP contribution < -0.4 is 5.32 Å². The van der Waals surface area contributed by atoms with Crippen LogP contribution in [0.1, 0.15) is 37.7 Å². The molecule has 1 aromatic rings. The van der Waals surface area contributed by atoms with E-state index in [0.717, 1.165) is 12.8 Å². The van der Waals surface area contributed by atoms with E-state index in [1.54, 1.807) is 12.1 Å². The summed E-state index contributed by atoms with van der Waals surface area (Å²) in [6.07, 6.45) is 3.38. The van der Waals surface area contributed by atoms with Gasteiger partial charge in [-0.2, -0.15) is 0 Å². The van der Waals surface area contributed by atoms with Crippen LogP contribution in [0.2, 0.25) is 0 Å². The lowest BCUT2D eigenvalue weighted by atomic mass is 9.92. The van der Waals surface area contributed by atoms with Crippen molar-refractivity contribution in [1.82, 2.24) is 5.32 Å². The fraction of sp³-hybridized carbons (Fsp3) is 0.467. The van der Waals surface area contributed by atoms with Gasteiger partial charge >= 0.3 is 5.97 Å².